The van der Waals surface area contributed by atoms with E-state index >= 15 is 0 Å². The molecule has 18 heavy (non-hydrogen) atoms. The highest BCUT2D eigenvalue weighted by Crippen LogP contribution is 2.26. The van der Waals surface area contributed by atoms with Crippen molar-refractivity contribution in [3.8, 4) is 0 Å². The summed E-state index contributed by atoms with van der Waals surface area (Å²) in [5.74, 6) is -0.385. The number of amides is 2. The second-order valence-electron chi connectivity index (χ2n) is 5.40. The van der Waals surface area contributed by atoms with Crippen LogP contribution in [0, 0.1) is 11.8 Å². The SMILES string of the molecule is CC(C)[C@H](NC(=O)NCCC1CCCC1)C(=O)O. The van der Waals surface area contributed by atoms with Crippen molar-refractivity contribution in [3.63, 3.8) is 0 Å². The molecule has 1 atom stereocenters. The first-order valence-electron chi connectivity index (χ1n) is 6.78. The van der Waals surface area contributed by atoms with Gasteiger partial charge in [0.15, 0.2) is 0 Å². The third-order valence-corrected chi connectivity index (χ3v) is 3.53. The number of aliphatic carboxylic acids is 1. The Morgan fingerprint density at radius 1 is 1.28 bits per heavy atom. The molecule has 0 heterocycles. The second-order valence-corrected chi connectivity index (χ2v) is 5.40. The molecule has 2 amide bonds. The van der Waals surface area contributed by atoms with Crippen LogP contribution in [0.3, 0.4) is 0 Å². The molecule has 0 radical (unpaired) electrons. The first-order valence-corrected chi connectivity index (χ1v) is 6.78. The fourth-order valence-corrected chi connectivity index (χ4v) is 2.39. The van der Waals surface area contributed by atoms with Gasteiger partial charge in [-0.05, 0) is 18.3 Å². The van der Waals surface area contributed by atoms with Crippen LogP contribution in [-0.4, -0.2) is 29.7 Å². The average Bonchev–Trinajstić information content (AvgIpc) is 2.78. The highest BCUT2D eigenvalue weighted by Gasteiger charge is 2.23. The van der Waals surface area contributed by atoms with E-state index in [1.807, 2.05) is 0 Å². The fourth-order valence-electron chi connectivity index (χ4n) is 2.39. The summed E-state index contributed by atoms with van der Waals surface area (Å²) in [6, 6.07) is -1.20. The summed E-state index contributed by atoms with van der Waals surface area (Å²) in [6.45, 7) is 4.18. The highest BCUT2D eigenvalue weighted by molar-refractivity contribution is 5.82. The van der Waals surface area contributed by atoms with Crippen LogP contribution in [0.5, 0.6) is 0 Å². The summed E-state index contributed by atoms with van der Waals surface area (Å²) < 4.78 is 0. The predicted molar refractivity (Wildman–Crippen MR) is 69.4 cm³/mol. The highest BCUT2D eigenvalue weighted by atomic mass is 16.4. The number of hydrogen-bond donors (Lipinski definition) is 3. The quantitative estimate of drug-likeness (QED) is 0.680. The first kappa shape index (κ1) is 14.8. The van der Waals surface area contributed by atoms with E-state index in [2.05, 4.69) is 10.6 Å². The van der Waals surface area contributed by atoms with Crippen LogP contribution in [-0.2, 0) is 4.79 Å². The Hall–Kier alpha value is -1.26. The zero-order valence-electron chi connectivity index (χ0n) is 11.2. The van der Waals surface area contributed by atoms with Crippen LogP contribution < -0.4 is 10.6 Å². The number of carbonyl (C=O) groups excluding carboxylic acids is 1. The van der Waals surface area contributed by atoms with Gasteiger partial charge in [0.05, 0.1) is 0 Å². The summed E-state index contributed by atoms with van der Waals surface area (Å²) in [5.41, 5.74) is 0. The van der Waals surface area contributed by atoms with Crippen LogP contribution in [0.2, 0.25) is 0 Å². The van der Waals surface area contributed by atoms with Crippen molar-refractivity contribution >= 4 is 12.0 Å². The van der Waals surface area contributed by atoms with Gasteiger partial charge in [0.2, 0.25) is 0 Å². The number of carboxylic acids is 1. The molecule has 1 aliphatic rings. The Morgan fingerprint density at radius 2 is 1.89 bits per heavy atom. The molecule has 5 heteroatoms. The number of carboxylic acid groups (broad SMARTS) is 1. The molecule has 0 unspecified atom stereocenters. The van der Waals surface area contributed by atoms with Crippen molar-refractivity contribution in [2.45, 2.75) is 52.0 Å². The smallest absolute Gasteiger partial charge is 0.326 e. The molecule has 1 rings (SSSR count). The van der Waals surface area contributed by atoms with Gasteiger partial charge in [0.25, 0.3) is 0 Å². The first-order chi connectivity index (χ1) is 8.50. The molecule has 0 saturated heterocycles. The van der Waals surface area contributed by atoms with Gasteiger partial charge >= 0.3 is 12.0 Å². The van der Waals surface area contributed by atoms with Crippen LogP contribution in [0.1, 0.15) is 46.0 Å². The van der Waals surface area contributed by atoms with E-state index in [1.54, 1.807) is 13.8 Å². The monoisotopic (exact) mass is 256 g/mol. The molecule has 0 aliphatic heterocycles. The van der Waals surface area contributed by atoms with Gasteiger partial charge in [-0.3, -0.25) is 0 Å². The van der Waals surface area contributed by atoms with Gasteiger partial charge in [-0.2, -0.15) is 0 Å². The third-order valence-electron chi connectivity index (χ3n) is 3.53. The molecular formula is C13H24N2O3. The maximum atomic E-state index is 11.6. The number of carbonyl (C=O) groups is 2. The topological polar surface area (TPSA) is 78.4 Å². The van der Waals surface area contributed by atoms with E-state index in [9.17, 15) is 9.59 Å². The zero-order valence-corrected chi connectivity index (χ0v) is 11.2. The summed E-state index contributed by atoms with van der Waals surface area (Å²) in [7, 11) is 0. The molecule has 1 fully saturated rings. The van der Waals surface area contributed by atoms with Gasteiger partial charge < -0.3 is 15.7 Å². The Bertz CT molecular complexity index is 286. The molecule has 104 valence electrons. The minimum atomic E-state index is -0.990. The molecule has 3 N–H and O–H groups in total. The lowest BCUT2D eigenvalue weighted by Crippen LogP contribution is -2.48. The summed E-state index contributed by atoms with van der Waals surface area (Å²) in [6.07, 6.45) is 6.10. The number of nitrogens with one attached hydrogen (secondary N) is 2. The van der Waals surface area contributed by atoms with Crippen LogP contribution in [0.4, 0.5) is 4.79 Å². The summed E-state index contributed by atoms with van der Waals surface area (Å²) in [5, 5.41) is 14.2. The number of urea groups is 1. The largest absolute Gasteiger partial charge is 0.480 e. The van der Waals surface area contributed by atoms with E-state index in [0.717, 1.165) is 12.3 Å². The lowest BCUT2D eigenvalue weighted by molar-refractivity contribution is -0.140. The van der Waals surface area contributed by atoms with Crippen LogP contribution in [0.25, 0.3) is 0 Å². The van der Waals surface area contributed by atoms with Crippen molar-refractivity contribution in [2.75, 3.05) is 6.54 Å². The van der Waals surface area contributed by atoms with Crippen LogP contribution >= 0.6 is 0 Å². The molecule has 0 aromatic carbocycles. The lowest BCUT2D eigenvalue weighted by atomic mass is 10.0. The van der Waals surface area contributed by atoms with Crippen LogP contribution in [0.15, 0.2) is 0 Å². The third kappa shape index (κ3) is 4.94. The molecule has 1 aliphatic carbocycles. The predicted octanol–water partition coefficient (Wildman–Crippen LogP) is 1.98. The minimum absolute atomic E-state index is 0.122. The maximum absolute atomic E-state index is 11.6. The Morgan fingerprint density at radius 3 is 2.39 bits per heavy atom. The zero-order chi connectivity index (χ0) is 13.5. The van der Waals surface area contributed by atoms with Crippen molar-refractivity contribution in [1.29, 1.82) is 0 Å². The van der Waals surface area contributed by atoms with Crippen molar-refractivity contribution in [3.05, 3.63) is 0 Å². The summed E-state index contributed by atoms with van der Waals surface area (Å²) in [4.78, 5) is 22.5. The van der Waals surface area contributed by atoms with Crippen molar-refractivity contribution < 1.29 is 14.7 Å². The Kier molecular flexibility index (Phi) is 5.95. The lowest BCUT2D eigenvalue weighted by Gasteiger charge is -2.18. The number of rotatable bonds is 6. The molecule has 0 spiro atoms. The van der Waals surface area contributed by atoms with E-state index in [4.69, 9.17) is 5.11 Å². The fraction of sp³-hybridized carbons (Fsp3) is 0.846. The maximum Gasteiger partial charge on any atom is 0.326 e. The van der Waals surface area contributed by atoms with Gasteiger partial charge in [-0.15, -0.1) is 0 Å². The molecule has 0 aromatic rings. The average molecular weight is 256 g/mol. The van der Waals surface area contributed by atoms with E-state index in [0.29, 0.717) is 6.54 Å². The molecular weight excluding hydrogens is 232 g/mol. The normalized spacial score (nSPS) is 17.7. The Labute approximate surface area is 108 Å². The standard InChI is InChI=1S/C13H24N2O3/c1-9(2)11(12(16)17)15-13(18)14-8-7-10-5-3-4-6-10/h9-11H,3-8H2,1-2H3,(H,16,17)(H2,14,15,18)/t11-/m0/s1. The van der Waals surface area contributed by atoms with E-state index < -0.39 is 12.0 Å². The van der Waals surface area contributed by atoms with Crippen molar-refractivity contribution in [1.82, 2.24) is 10.6 Å². The second kappa shape index (κ2) is 7.24. The molecule has 0 aromatic heterocycles. The minimum Gasteiger partial charge on any atom is -0.480 e. The van der Waals surface area contributed by atoms with E-state index in [1.165, 1.54) is 25.7 Å². The Balaban J connectivity index is 2.21. The van der Waals surface area contributed by atoms with Gasteiger partial charge in [-0.25, -0.2) is 9.59 Å². The number of hydrogen-bond acceptors (Lipinski definition) is 2. The van der Waals surface area contributed by atoms with Crippen molar-refractivity contribution in [2.24, 2.45) is 11.8 Å². The molecule has 1 saturated carbocycles. The molecule has 0 bridgehead atoms. The van der Waals surface area contributed by atoms with Gasteiger partial charge in [-0.1, -0.05) is 39.5 Å². The molecule has 5 nitrogen and oxygen atoms in total. The van der Waals surface area contributed by atoms with E-state index in [-0.39, 0.29) is 11.9 Å². The van der Waals surface area contributed by atoms with Gasteiger partial charge in [0.1, 0.15) is 6.04 Å². The summed E-state index contributed by atoms with van der Waals surface area (Å²) >= 11 is 0. The van der Waals surface area contributed by atoms with Gasteiger partial charge in [0, 0.05) is 6.54 Å².